The first-order chi connectivity index (χ1) is 13.5. The molecule has 2 aromatic carbocycles. The Morgan fingerprint density at radius 2 is 1.93 bits per heavy atom. The Morgan fingerprint density at radius 3 is 2.71 bits per heavy atom. The third-order valence-electron chi connectivity index (χ3n) is 5.63. The van der Waals surface area contributed by atoms with E-state index in [1.807, 2.05) is 24.3 Å². The van der Waals surface area contributed by atoms with Crippen molar-refractivity contribution in [2.45, 2.75) is 36.1 Å². The van der Waals surface area contributed by atoms with Crippen LogP contribution in [0.3, 0.4) is 0 Å². The monoisotopic (exact) mass is 396 g/mol. The molecular weight excluding hydrogens is 376 g/mol. The molecule has 2 heterocycles. The Labute approximate surface area is 163 Å². The fourth-order valence-electron chi connectivity index (χ4n) is 3.80. The molecule has 0 spiro atoms. The highest BCUT2D eigenvalue weighted by atomic mass is 32.2. The van der Waals surface area contributed by atoms with Crippen LogP contribution in [0.5, 0.6) is 0 Å². The van der Waals surface area contributed by atoms with Gasteiger partial charge in [0.25, 0.3) is 15.9 Å². The van der Waals surface area contributed by atoms with Crippen LogP contribution in [0.1, 0.15) is 30.7 Å². The Morgan fingerprint density at radius 1 is 1.11 bits per heavy atom. The SMILES string of the molecule is NC1(c2noc(-c3cccc(S(=O)(=O)N4CCc5ccccc54)c3)n2)CCC1. The van der Waals surface area contributed by atoms with Crippen molar-refractivity contribution in [1.82, 2.24) is 10.1 Å². The minimum atomic E-state index is -3.68. The van der Waals surface area contributed by atoms with Crippen LogP contribution >= 0.6 is 0 Å². The van der Waals surface area contributed by atoms with E-state index >= 15 is 0 Å². The van der Waals surface area contributed by atoms with Gasteiger partial charge in [-0.15, -0.1) is 0 Å². The minimum absolute atomic E-state index is 0.201. The summed E-state index contributed by atoms with van der Waals surface area (Å²) in [6.07, 6.45) is 3.41. The van der Waals surface area contributed by atoms with Crippen LogP contribution in [0, 0.1) is 0 Å². The lowest BCUT2D eigenvalue weighted by Gasteiger charge is -2.34. The molecule has 7 nitrogen and oxygen atoms in total. The highest BCUT2D eigenvalue weighted by molar-refractivity contribution is 7.92. The molecule has 1 saturated carbocycles. The number of nitrogens with two attached hydrogens (primary N) is 1. The molecule has 1 aliphatic carbocycles. The highest BCUT2D eigenvalue weighted by Gasteiger charge is 2.39. The number of nitrogens with zero attached hydrogens (tertiary/aromatic N) is 3. The van der Waals surface area contributed by atoms with Gasteiger partial charge in [-0.25, -0.2) is 8.42 Å². The first-order valence-electron chi connectivity index (χ1n) is 9.32. The molecule has 3 aromatic rings. The van der Waals surface area contributed by atoms with Crippen LogP contribution in [0.25, 0.3) is 11.5 Å². The number of anilines is 1. The van der Waals surface area contributed by atoms with Crippen molar-refractivity contribution in [3.05, 3.63) is 59.9 Å². The molecule has 0 unspecified atom stereocenters. The van der Waals surface area contributed by atoms with E-state index in [-0.39, 0.29) is 10.8 Å². The minimum Gasteiger partial charge on any atom is -0.334 e. The van der Waals surface area contributed by atoms with Gasteiger partial charge < -0.3 is 10.3 Å². The number of hydrogen-bond donors (Lipinski definition) is 1. The summed E-state index contributed by atoms with van der Waals surface area (Å²) in [5, 5.41) is 4.01. The number of rotatable bonds is 4. The first-order valence-corrected chi connectivity index (χ1v) is 10.8. The van der Waals surface area contributed by atoms with Gasteiger partial charge in [-0.2, -0.15) is 4.98 Å². The molecule has 144 valence electrons. The molecule has 0 radical (unpaired) electrons. The molecule has 0 atom stereocenters. The Hall–Kier alpha value is -2.71. The van der Waals surface area contributed by atoms with Crippen LogP contribution in [-0.4, -0.2) is 25.1 Å². The van der Waals surface area contributed by atoms with E-state index in [9.17, 15) is 8.42 Å². The molecule has 0 saturated heterocycles. The molecule has 5 rings (SSSR count). The second-order valence-electron chi connectivity index (χ2n) is 7.42. The van der Waals surface area contributed by atoms with Crippen molar-refractivity contribution in [3.8, 4) is 11.5 Å². The van der Waals surface area contributed by atoms with E-state index in [0.29, 0.717) is 24.4 Å². The van der Waals surface area contributed by atoms with Crippen molar-refractivity contribution >= 4 is 15.7 Å². The van der Waals surface area contributed by atoms with Crippen LogP contribution in [0.2, 0.25) is 0 Å². The van der Waals surface area contributed by atoms with Gasteiger partial charge in [-0.1, -0.05) is 29.4 Å². The van der Waals surface area contributed by atoms with Gasteiger partial charge in [0.2, 0.25) is 0 Å². The molecule has 2 N–H and O–H groups in total. The maximum absolute atomic E-state index is 13.2. The summed E-state index contributed by atoms with van der Waals surface area (Å²) in [6.45, 7) is 0.437. The summed E-state index contributed by atoms with van der Waals surface area (Å²) >= 11 is 0. The molecule has 0 bridgehead atoms. The number of sulfonamides is 1. The van der Waals surface area contributed by atoms with Gasteiger partial charge >= 0.3 is 0 Å². The summed E-state index contributed by atoms with van der Waals surface area (Å²) in [4.78, 5) is 4.62. The molecule has 28 heavy (non-hydrogen) atoms. The van der Waals surface area contributed by atoms with Gasteiger partial charge in [0.15, 0.2) is 5.82 Å². The second-order valence-corrected chi connectivity index (χ2v) is 9.28. The number of aromatic nitrogens is 2. The van der Waals surface area contributed by atoms with Crippen molar-refractivity contribution < 1.29 is 12.9 Å². The Balaban J connectivity index is 1.49. The van der Waals surface area contributed by atoms with Crippen LogP contribution < -0.4 is 10.0 Å². The zero-order valence-corrected chi connectivity index (χ0v) is 16.0. The molecule has 8 heteroatoms. The van der Waals surface area contributed by atoms with Crippen molar-refractivity contribution in [2.75, 3.05) is 10.8 Å². The van der Waals surface area contributed by atoms with E-state index in [1.54, 1.807) is 24.3 Å². The lowest BCUT2D eigenvalue weighted by atomic mass is 9.77. The summed E-state index contributed by atoms with van der Waals surface area (Å²) in [6, 6.07) is 14.2. The highest BCUT2D eigenvalue weighted by Crippen LogP contribution is 2.38. The van der Waals surface area contributed by atoms with E-state index in [0.717, 1.165) is 30.5 Å². The lowest BCUT2D eigenvalue weighted by Crippen LogP contribution is -2.44. The smallest absolute Gasteiger partial charge is 0.264 e. The van der Waals surface area contributed by atoms with Gasteiger partial charge in [0, 0.05) is 12.1 Å². The fourth-order valence-corrected chi connectivity index (χ4v) is 5.35. The standard InChI is InChI=1S/C20H20N4O3S/c21-20(10-4-11-20)19-22-18(27-23-19)15-6-3-7-16(13-15)28(25,26)24-12-9-14-5-1-2-8-17(14)24/h1-3,5-8,13H,4,9-12,21H2. The number of para-hydroxylation sites is 1. The molecular formula is C20H20N4O3S. The van der Waals surface area contributed by atoms with E-state index in [1.165, 1.54) is 4.31 Å². The summed E-state index contributed by atoms with van der Waals surface area (Å²) in [5.41, 5.74) is 8.08. The Kier molecular flexibility index (Phi) is 3.82. The van der Waals surface area contributed by atoms with Crippen LogP contribution in [0.4, 0.5) is 5.69 Å². The normalized spacial score (nSPS) is 18.0. The van der Waals surface area contributed by atoms with Gasteiger partial charge in [-0.3, -0.25) is 4.31 Å². The van der Waals surface area contributed by atoms with Crippen LogP contribution in [0.15, 0.2) is 57.9 Å². The van der Waals surface area contributed by atoms with Crippen molar-refractivity contribution in [2.24, 2.45) is 5.73 Å². The predicted octanol–water partition coefficient (Wildman–Crippen LogP) is 2.83. The molecule has 0 amide bonds. The quantitative estimate of drug-likeness (QED) is 0.727. The molecule has 1 aliphatic heterocycles. The van der Waals surface area contributed by atoms with Gasteiger partial charge in [0.05, 0.1) is 16.1 Å². The summed E-state index contributed by atoms with van der Waals surface area (Å²) in [5.74, 6) is 0.765. The zero-order chi connectivity index (χ0) is 19.4. The first kappa shape index (κ1) is 17.4. The third kappa shape index (κ3) is 2.63. The van der Waals surface area contributed by atoms with Crippen LogP contribution in [-0.2, 0) is 22.0 Å². The average Bonchev–Trinajstić information content (AvgIpc) is 3.34. The topological polar surface area (TPSA) is 102 Å². The van der Waals surface area contributed by atoms with E-state index in [4.69, 9.17) is 10.3 Å². The van der Waals surface area contributed by atoms with Crippen molar-refractivity contribution in [1.29, 1.82) is 0 Å². The van der Waals surface area contributed by atoms with E-state index in [2.05, 4.69) is 10.1 Å². The molecule has 1 fully saturated rings. The number of fused-ring (bicyclic) bond motifs is 1. The summed E-state index contributed by atoms with van der Waals surface area (Å²) in [7, 11) is -3.68. The average molecular weight is 396 g/mol. The van der Waals surface area contributed by atoms with Gasteiger partial charge in [0.1, 0.15) is 0 Å². The van der Waals surface area contributed by atoms with Gasteiger partial charge in [-0.05, 0) is 55.5 Å². The summed E-state index contributed by atoms with van der Waals surface area (Å²) < 4.78 is 33.3. The second kappa shape index (κ2) is 6.15. The number of hydrogen-bond acceptors (Lipinski definition) is 6. The maximum Gasteiger partial charge on any atom is 0.264 e. The number of benzene rings is 2. The Bertz CT molecular complexity index is 1150. The third-order valence-corrected chi connectivity index (χ3v) is 7.44. The van der Waals surface area contributed by atoms with E-state index < -0.39 is 15.6 Å². The van der Waals surface area contributed by atoms with Crippen molar-refractivity contribution in [3.63, 3.8) is 0 Å². The zero-order valence-electron chi connectivity index (χ0n) is 15.2. The predicted molar refractivity (Wildman–Crippen MR) is 104 cm³/mol. The molecule has 2 aliphatic rings. The molecule has 1 aromatic heterocycles. The fraction of sp³-hybridized carbons (Fsp3) is 0.300. The maximum atomic E-state index is 13.2. The lowest BCUT2D eigenvalue weighted by molar-refractivity contribution is 0.229. The largest absolute Gasteiger partial charge is 0.334 e.